The van der Waals surface area contributed by atoms with Gasteiger partial charge in [-0.2, -0.15) is 11.8 Å². The topological polar surface area (TPSA) is 24.4 Å². The zero-order chi connectivity index (χ0) is 14.3. The molecule has 0 fully saturated rings. The van der Waals surface area contributed by atoms with E-state index < -0.39 is 0 Å². The molecule has 0 aromatic heterocycles. The lowest BCUT2D eigenvalue weighted by Gasteiger charge is -2.30. The van der Waals surface area contributed by atoms with E-state index in [0.717, 1.165) is 19.0 Å². The van der Waals surface area contributed by atoms with E-state index >= 15 is 0 Å². The molecule has 19 heavy (non-hydrogen) atoms. The molecule has 1 atom stereocenters. The summed E-state index contributed by atoms with van der Waals surface area (Å²) in [5, 5.41) is 5.48. The number of nitrogens with one attached hydrogen (secondary N) is 1. The summed E-state index contributed by atoms with van der Waals surface area (Å²) in [6.45, 7) is 11.2. The van der Waals surface area contributed by atoms with Crippen molar-refractivity contribution in [3.63, 3.8) is 0 Å². The van der Waals surface area contributed by atoms with Gasteiger partial charge in [-0.25, -0.2) is 0 Å². The number of hydrogen-bond acceptors (Lipinski definition) is 4. The molecule has 4 heteroatoms. The van der Waals surface area contributed by atoms with Gasteiger partial charge >= 0.3 is 0 Å². The summed E-state index contributed by atoms with van der Waals surface area (Å²) >= 11 is 3.96. The third kappa shape index (κ3) is 4.59. The van der Waals surface area contributed by atoms with Crippen LogP contribution in [-0.4, -0.2) is 34.5 Å². The van der Waals surface area contributed by atoms with E-state index in [0.29, 0.717) is 10.00 Å². The van der Waals surface area contributed by atoms with Gasteiger partial charge in [-0.15, -0.1) is 0 Å². The van der Waals surface area contributed by atoms with Crippen LogP contribution in [0.5, 0.6) is 0 Å². The Morgan fingerprint density at radius 1 is 1.32 bits per heavy atom. The third-order valence-corrected chi connectivity index (χ3v) is 7.46. The van der Waals surface area contributed by atoms with Crippen LogP contribution in [0.15, 0.2) is 4.99 Å². The Balaban J connectivity index is 2.44. The maximum absolute atomic E-state index is 4.70. The second-order valence-corrected chi connectivity index (χ2v) is 7.83. The summed E-state index contributed by atoms with van der Waals surface area (Å²) in [6.07, 6.45) is 7.20. The minimum atomic E-state index is 0.371. The number of rotatable bonds is 8. The smallest absolute Gasteiger partial charge is 0.156 e. The van der Waals surface area contributed by atoms with Crippen molar-refractivity contribution in [1.82, 2.24) is 5.32 Å². The molecule has 0 saturated carbocycles. The summed E-state index contributed by atoms with van der Waals surface area (Å²) in [5.41, 5.74) is 0. The molecule has 0 aliphatic carbocycles. The zero-order valence-corrected chi connectivity index (χ0v) is 14.8. The fourth-order valence-corrected chi connectivity index (χ4v) is 4.76. The lowest BCUT2D eigenvalue weighted by Crippen LogP contribution is -2.38. The predicted molar refractivity (Wildman–Crippen MR) is 92.6 cm³/mol. The van der Waals surface area contributed by atoms with Gasteiger partial charge in [0.2, 0.25) is 0 Å². The van der Waals surface area contributed by atoms with Crippen molar-refractivity contribution in [3.05, 3.63) is 0 Å². The van der Waals surface area contributed by atoms with Gasteiger partial charge in [0.1, 0.15) is 0 Å². The maximum Gasteiger partial charge on any atom is 0.156 e. The third-order valence-electron chi connectivity index (χ3n) is 4.54. The number of aliphatic imine (C=N–C) groups is 1. The Kier molecular flexibility index (Phi) is 7.66. The second-order valence-electron chi connectivity index (χ2n) is 5.33. The Morgan fingerprint density at radius 2 is 1.95 bits per heavy atom. The molecule has 0 radical (unpaired) electrons. The monoisotopic (exact) mass is 302 g/mol. The number of nitrogens with zero attached hydrogens (tertiary/aromatic N) is 1. The van der Waals surface area contributed by atoms with E-state index in [1.54, 1.807) is 0 Å². The van der Waals surface area contributed by atoms with Gasteiger partial charge < -0.3 is 5.32 Å². The summed E-state index contributed by atoms with van der Waals surface area (Å²) in [6, 6.07) is 0. The summed E-state index contributed by atoms with van der Waals surface area (Å²) in [5.74, 6) is 0.815. The van der Waals surface area contributed by atoms with Gasteiger partial charge in [-0.1, -0.05) is 52.3 Å². The molecule has 0 saturated heterocycles. The standard InChI is InChI=1S/C15H30N2S2/c1-6-12(7-2)13-10-16-14(19-13)17-11-15(8-3,9-4)18-5/h12-13H,6-11H2,1-5H3,(H,16,17). The van der Waals surface area contributed by atoms with Crippen molar-refractivity contribution < 1.29 is 0 Å². The maximum atomic E-state index is 4.70. The Labute approximate surface area is 128 Å². The zero-order valence-electron chi connectivity index (χ0n) is 13.2. The molecule has 1 unspecified atom stereocenters. The molecule has 2 nitrogen and oxygen atoms in total. The highest BCUT2D eigenvalue weighted by atomic mass is 32.2. The van der Waals surface area contributed by atoms with Crippen LogP contribution in [0.2, 0.25) is 0 Å². The molecule has 0 spiro atoms. The molecular weight excluding hydrogens is 272 g/mol. The average Bonchev–Trinajstić information content (AvgIpc) is 2.91. The highest BCUT2D eigenvalue weighted by Gasteiger charge is 2.29. The van der Waals surface area contributed by atoms with Crippen molar-refractivity contribution in [2.24, 2.45) is 10.9 Å². The molecule has 0 aromatic rings. The van der Waals surface area contributed by atoms with E-state index in [2.05, 4.69) is 39.3 Å². The van der Waals surface area contributed by atoms with Crippen molar-refractivity contribution >= 4 is 28.7 Å². The predicted octanol–water partition coefficient (Wildman–Crippen LogP) is 4.41. The average molecular weight is 303 g/mol. The molecule has 112 valence electrons. The first-order valence-corrected chi connectivity index (χ1v) is 9.75. The normalized spacial score (nSPS) is 19.9. The Hall–Kier alpha value is 0.170. The molecule has 1 heterocycles. The van der Waals surface area contributed by atoms with Gasteiger partial charge in [-0.05, 0) is 25.0 Å². The van der Waals surface area contributed by atoms with Gasteiger partial charge in [0.05, 0.1) is 6.54 Å². The first-order chi connectivity index (χ1) is 9.14. The fourth-order valence-electron chi connectivity index (χ4n) is 2.65. The van der Waals surface area contributed by atoms with E-state index in [4.69, 9.17) is 4.99 Å². The van der Waals surface area contributed by atoms with Crippen LogP contribution in [-0.2, 0) is 0 Å². The molecule has 0 aromatic carbocycles. The van der Waals surface area contributed by atoms with Gasteiger partial charge in [0, 0.05) is 16.5 Å². The molecule has 1 N–H and O–H groups in total. The van der Waals surface area contributed by atoms with Crippen LogP contribution in [0.1, 0.15) is 53.4 Å². The second kappa shape index (κ2) is 8.46. The van der Waals surface area contributed by atoms with Crippen LogP contribution in [0.25, 0.3) is 0 Å². The Morgan fingerprint density at radius 3 is 2.42 bits per heavy atom. The van der Waals surface area contributed by atoms with Crippen molar-refractivity contribution in [1.29, 1.82) is 0 Å². The molecule has 0 bridgehead atoms. The molecular formula is C15H30N2S2. The van der Waals surface area contributed by atoms with E-state index in [-0.39, 0.29) is 0 Å². The summed E-state index contributed by atoms with van der Waals surface area (Å²) in [4.78, 5) is 4.70. The molecule has 0 amide bonds. The first kappa shape index (κ1) is 17.2. The number of hydrogen-bond donors (Lipinski definition) is 1. The SMILES string of the molecule is CCC(CC)C1CN=C(NCC(CC)(CC)SC)S1. The Bertz CT molecular complexity index is 276. The van der Waals surface area contributed by atoms with Crippen molar-refractivity contribution in [3.8, 4) is 0 Å². The van der Waals surface area contributed by atoms with Crippen molar-refractivity contribution in [2.75, 3.05) is 19.3 Å². The van der Waals surface area contributed by atoms with Crippen LogP contribution in [0.4, 0.5) is 0 Å². The van der Waals surface area contributed by atoms with Gasteiger partial charge in [0.15, 0.2) is 5.17 Å². The van der Waals surface area contributed by atoms with Gasteiger partial charge in [0.25, 0.3) is 0 Å². The van der Waals surface area contributed by atoms with E-state index in [9.17, 15) is 0 Å². The highest BCUT2D eigenvalue weighted by molar-refractivity contribution is 8.14. The molecule has 1 rings (SSSR count). The summed E-state index contributed by atoms with van der Waals surface area (Å²) < 4.78 is 0.371. The van der Waals surface area contributed by atoms with Crippen LogP contribution in [0, 0.1) is 5.92 Å². The minimum Gasteiger partial charge on any atom is -0.364 e. The first-order valence-electron chi connectivity index (χ1n) is 7.64. The lowest BCUT2D eigenvalue weighted by atomic mass is 9.99. The highest BCUT2D eigenvalue weighted by Crippen LogP contribution is 2.32. The number of thioether (sulfide) groups is 2. The molecule has 1 aliphatic rings. The van der Waals surface area contributed by atoms with Crippen LogP contribution < -0.4 is 5.32 Å². The van der Waals surface area contributed by atoms with E-state index in [1.807, 2.05) is 23.5 Å². The quantitative estimate of drug-likeness (QED) is 0.719. The molecule has 1 aliphatic heterocycles. The van der Waals surface area contributed by atoms with Crippen molar-refractivity contribution in [2.45, 2.75) is 63.4 Å². The van der Waals surface area contributed by atoms with E-state index in [1.165, 1.54) is 30.9 Å². The number of amidine groups is 1. The minimum absolute atomic E-state index is 0.371. The lowest BCUT2D eigenvalue weighted by molar-refractivity contribution is 0.479. The van der Waals surface area contributed by atoms with Crippen LogP contribution in [0.3, 0.4) is 0 Å². The summed E-state index contributed by atoms with van der Waals surface area (Å²) in [7, 11) is 0. The van der Waals surface area contributed by atoms with Gasteiger partial charge in [-0.3, -0.25) is 4.99 Å². The fraction of sp³-hybridized carbons (Fsp3) is 0.933. The van der Waals surface area contributed by atoms with Crippen LogP contribution >= 0.6 is 23.5 Å². The largest absolute Gasteiger partial charge is 0.364 e.